The maximum absolute atomic E-state index is 10.8. The summed E-state index contributed by atoms with van der Waals surface area (Å²) in [5, 5.41) is 17.6. The van der Waals surface area contributed by atoms with E-state index >= 15 is 0 Å². The molecule has 0 aliphatic carbocycles. The summed E-state index contributed by atoms with van der Waals surface area (Å²) in [5.74, 6) is -0.545. The van der Waals surface area contributed by atoms with E-state index in [2.05, 4.69) is 34.7 Å². The molecule has 0 spiro atoms. The van der Waals surface area contributed by atoms with Crippen LogP contribution in [-0.4, -0.2) is 42.2 Å². The summed E-state index contributed by atoms with van der Waals surface area (Å²) >= 11 is 3.40. The Bertz CT molecular complexity index is 590. The standard InChI is InChI=1S/C16H19BrN2O3/c1-3-19(4-2)7-8-22-15-6-5-12(10-14(15)17)9-13(11-18)16(20)21/h5-6,9-10H,3-4,7-8H2,1-2H3,(H,20,21). The van der Waals surface area contributed by atoms with E-state index in [4.69, 9.17) is 15.1 Å². The number of nitriles is 1. The molecule has 0 aliphatic rings. The number of ether oxygens (including phenoxy) is 1. The molecule has 0 radical (unpaired) electrons. The quantitative estimate of drug-likeness (QED) is 0.564. The van der Waals surface area contributed by atoms with Gasteiger partial charge in [0.2, 0.25) is 0 Å². The molecule has 1 aromatic rings. The summed E-state index contributed by atoms with van der Waals surface area (Å²) in [6.07, 6.45) is 1.33. The van der Waals surface area contributed by atoms with Gasteiger partial charge in [0, 0.05) is 6.54 Å². The molecule has 22 heavy (non-hydrogen) atoms. The second-order valence-electron chi connectivity index (χ2n) is 4.54. The van der Waals surface area contributed by atoms with E-state index in [0.717, 1.165) is 24.1 Å². The van der Waals surface area contributed by atoms with Gasteiger partial charge < -0.3 is 14.7 Å². The molecule has 1 rings (SSSR count). The Morgan fingerprint density at radius 3 is 2.64 bits per heavy atom. The van der Waals surface area contributed by atoms with Crippen molar-refractivity contribution in [3.8, 4) is 11.8 Å². The minimum absolute atomic E-state index is 0.304. The summed E-state index contributed by atoms with van der Waals surface area (Å²) in [6, 6.07) is 6.86. The van der Waals surface area contributed by atoms with Gasteiger partial charge in [0.05, 0.1) is 4.47 Å². The van der Waals surface area contributed by atoms with Crippen molar-refractivity contribution < 1.29 is 14.6 Å². The monoisotopic (exact) mass is 366 g/mol. The predicted molar refractivity (Wildman–Crippen MR) is 88.7 cm³/mol. The lowest BCUT2D eigenvalue weighted by atomic mass is 10.1. The molecule has 0 aromatic heterocycles. The molecule has 0 fully saturated rings. The maximum atomic E-state index is 10.8. The van der Waals surface area contributed by atoms with Gasteiger partial charge in [-0.25, -0.2) is 4.79 Å². The predicted octanol–water partition coefficient (Wildman–Crippen LogP) is 3.16. The molecule has 0 saturated carbocycles. The molecular weight excluding hydrogens is 348 g/mol. The number of nitrogens with zero attached hydrogens (tertiary/aromatic N) is 2. The third kappa shape index (κ3) is 5.51. The zero-order valence-electron chi connectivity index (χ0n) is 12.7. The van der Waals surface area contributed by atoms with Crippen LogP contribution in [0.4, 0.5) is 0 Å². The molecule has 1 N–H and O–H groups in total. The van der Waals surface area contributed by atoms with Gasteiger partial charge in [0.1, 0.15) is 24.0 Å². The average molecular weight is 367 g/mol. The van der Waals surface area contributed by atoms with Gasteiger partial charge in [-0.15, -0.1) is 0 Å². The fraction of sp³-hybridized carbons (Fsp3) is 0.375. The lowest BCUT2D eigenvalue weighted by molar-refractivity contribution is -0.132. The molecule has 5 nitrogen and oxygen atoms in total. The number of rotatable bonds is 8. The zero-order valence-corrected chi connectivity index (χ0v) is 14.3. The summed E-state index contributed by atoms with van der Waals surface area (Å²) in [6.45, 7) is 7.60. The third-order valence-corrected chi connectivity index (χ3v) is 3.80. The average Bonchev–Trinajstić information content (AvgIpc) is 2.50. The maximum Gasteiger partial charge on any atom is 0.346 e. The molecule has 1 aromatic carbocycles. The molecule has 0 saturated heterocycles. The second-order valence-corrected chi connectivity index (χ2v) is 5.39. The Morgan fingerprint density at radius 1 is 1.45 bits per heavy atom. The molecule has 0 amide bonds. The second kappa shape index (κ2) is 9.23. The zero-order chi connectivity index (χ0) is 16.5. The molecule has 118 valence electrons. The van der Waals surface area contributed by atoms with Crippen LogP contribution in [-0.2, 0) is 4.79 Å². The van der Waals surface area contributed by atoms with Crippen molar-refractivity contribution in [2.75, 3.05) is 26.2 Å². The summed E-state index contributed by atoms with van der Waals surface area (Å²) in [4.78, 5) is 13.1. The first-order valence-electron chi connectivity index (χ1n) is 7.01. The molecule has 0 atom stereocenters. The number of benzene rings is 1. The Labute approximate surface area is 138 Å². The summed E-state index contributed by atoms with van der Waals surface area (Å²) in [5.41, 5.74) is 0.323. The molecular formula is C16H19BrN2O3. The minimum atomic E-state index is -1.24. The van der Waals surface area contributed by atoms with Crippen LogP contribution in [0.15, 0.2) is 28.2 Å². The van der Waals surface area contributed by atoms with Crippen LogP contribution < -0.4 is 4.74 Å². The van der Waals surface area contributed by atoms with Crippen molar-refractivity contribution in [2.24, 2.45) is 0 Å². The van der Waals surface area contributed by atoms with Gasteiger partial charge in [0.15, 0.2) is 0 Å². The first-order valence-corrected chi connectivity index (χ1v) is 7.80. The van der Waals surface area contributed by atoms with E-state index in [0.29, 0.717) is 17.9 Å². The first kappa shape index (κ1) is 18.2. The summed E-state index contributed by atoms with van der Waals surface area (Å²) < 4.78 is 6.44. The molecule has 0 unspecified atom stereocenters. The lowest BCUT2D eigenvalue weighted by Crippen LogP contribution is -2.27. The normalized spacial score (nSPS) is 11.3. The topological polar surface area (TPSA) is 73.6 Å². The molecule has 0 heterocycles. The van der Waals surface area contributed by atoms with E-state index in [9.17, 15) is 4.79 Å². The Balaban J connectivity index is 2.74. The minimum Gasteiger partial charge on any atom is -0.491 e. The van der Waals surface area contributed by atoms with Crippen LogP contribution in [0.2, 0.25) is 0 Å². The smallest absolute Gasteiger partial charge is 0.346 e. The van der Waals surface area contributed by atoms with Crippen LogP contribution in [0.5, 0.6) is 5.75 Å². The van der Waals surface area contributed by atoms with Crippen LogP contribution in [0.25, 0.3) is 6.08 Å². The number of carboxylic acid groups (broad SMARTS) is 1. The van der Waals surface area contributed by atoms with Crippen molar-refractivity contribution in [3.63, 3.8) is 0 Å². The van der Waals surface area contributed by atoms with Crippen molar-refractivity contribution in [1.29, 1.82) is 5.26 Å². The Hall–Kier alpha value is -1.84. The highest BCUT2D eigenvalue weighted by molar-refractivity contribution is 9.10. The van der Waals surface area contributed by atoms with Crippen molar-refractivity contribution in [3.05, 3.63) is 33.8 Å². The van der Waals surface area contributed by atoms with Crippen LogP contribution in [0.3, 0.4) is 0 Å². The van der Waals surface area contributed by atoms with Gasteiger partial charge >= 0.3 is 5.97 Å². The molecule has 0 aliphatic heterocycles. The van der Waals surface area contributed by atoms with Crippen LogP contribution in [0, 0.1) is 11.3 Å². The summed E-state index contributed by atoms with van der Waals surface area (Å²) in [7, 11) is 0. The SMILES string of the molecule is CCN(CC)CCOc1ccc(C=C(C#N)C(=O)O)cc1Br. The Morgan fingerprint density at radius 2 is 2.14 bits per heavy atom. The third-order valence-electron chi connectivity index (χ3n) is 3.18. The van der Waals surface area contributed by atoms with E-state index < -0.39 is 5.97 Å². The van der Waals surface area contributed by atoms with Gasteiger partial charge in [-0.3, -0.25) is 0 Å². The number of aliphatic carboxylic acids is 1. The van der Waals surface area contributed by atoms with Crippen molar-refractivity contribution >= 4 is 28.0 Å². The number of carbonyl (C=O) groups is 1. The lowest BCUT2D eigenvalue weighted by Gasteiger charge is -2.18. The van der Waals surface area contributed by atoms with Gasteiger partial charge in [-0.2, -0.15) is 5.26 Å². The van der Waals surface area contributed by atoms with Crippen molar-refractivity contribution in [1.82, 2.24) is 4.90 Å². The highest BCUT2D eigenvalue weighted by Gasteiger charge is 2.08. The first-order chi connectivity index (χ1) is 10.5. The number of halogens is 1. The number of hydrogen-bond acceptors (Lipinski definition) is 4. The molecule has 0 bridgehead atoms. The van der Waals surface area contributed by atoms with E-state index in [1.54, 1.807) is 24.3 Å². The number of likely N-dealkylation sites (N-methyl/N-ethyl adjacent to an activating group) is 1. The van der Waals surface area contributed by atoms with Crippen LogP contribution >= 0.6 is 15.9 Å². The fourth-order valence-corrected chi connectivity index (χ4v) is 2.37. The van der Waals surface area contributed by atoms with E-state index in [1.807, 2.05) is 0 Å². The largest absolute Gasteiger partial charge is 0.491 e. The van der Waals surface area contributed by atoms with Crippen LogP contribution in [0.1, 0.15) is 19.4 Å². The van der Waals surface area contributed by atoms with Gasteiger partial charge in [0.25, 0.3) is 0 Å². The van der Waals surface area contributed by atoms with Gasteiger partial charge in [-0.1, -0.05) is 19.9 Å². The number of carboxylic acids is 1. The fourth-order valence-electron chi connectivity index (χ4n) is 1.86. The Kier molecular flexibility index (Phi) is 7.64. The highest BCUT2D eigenvalue weighted by atomic mass is 79.9. The van der Waals surface area contributed by atoms with Gasteiger partial charge in [-0.05, 0) is 52.8 Å². The van der Waals surface area contributed by atoms with Crippen molar-refractivity contribution in [2.45, 2.75) is 13.8 Å². The molecule has 6 heteroatoms. The highest BCUT2D eigenvalue weighted by Crippen LogP contribution is 2.27. The number of hydrogen-bond donors (Lipinski definition) is 1. The van der Waals surface area contributed by atoms with E-state index in [1.165, 1.54) is 6.08 Å². The van der Waals surface area contributed by atoms with E-state index in [-0.39, 0.29) is 5.57 Å².